The Hall–Kier alpha value is -2.72. The summed E-state index contributed by atoms with van der Waals surface area (Å²) in [5.41, 5.74) is 1.05. The Morgan fingerprint density at radius 2 is 2.00 bits per heavy atom. The van der Waals surface area contributed by atoms with E-state index in [-0.39, 0.29) is 5.56 Å². The first-order chi connectivity index (χ1) is 16.3. The van der Waals surface area contributed by atoms with Crippen LogP contribution in [0.15, 0.2) is 49.2 Å². The predicted molar refractivity (Wildman–Crippen MR) is 138 cm³/mol. The minimum absolute atomic E-state index is 0.244. The number of unbranched alkanes of at least 4 members (excludes halogenated alkanes) is 1. The quantitative estimate of drug-likeness (QED) is 0.253. The molecule has 0 aliphatic rings. The second-order valence-corrected chi connectivity index (χ2v) is 9.24. The highest BCUT2D eigenvalue weighted by molar-refractivity contribution is 9.10. The highest BCUT2D eigenvalue weighted by Crippen LogP contribution is 2.37. The second-order valence-electron chi connectivity index (χ2n) is 7.47. The minimum atomic E-state index is -0.822. The first-order valence-corrected chi connectivity index (χ1v) is 12.2. The van der Waals surface area contributed by atoms with E-state index in [0.717, 1.165) is 17.3 Å². The van der Waals surface area contributed by atoms with Gasteiger partial charge in [-0.3, -0.25) is 4.79 Å². The molecule has 0 saturated heterocycles. The van der Waals surface area contributed by atoms with Crippen LogP contribution in [-0.2, 0) is 16.0 Å². The van der Waals surface area contributed by atoms with Crippen molar-refractivity contribution in [2.45, 2.75) is 39.2 Å². The molecule has 2 aromatic carbocycles. The maximum Gasteiger partial charge on any atom is 0.346 e. The van der Waals surface area contributed by atoms with Gasteiger partial charge in [0.15, 0.2) is 17.6 Å². The van der Waals surface area contributed by atoms with Crippen LogP contribution >= 0.6 is 31.9 Å². The van der Waals surface area contributed by atoms with E-state index in [2.05, 4.69) is 48.9 Å². The lowest BCUT2D eigenvalue weighted by molar-refractivity contribution is -0.147. The Balaban J connectivity index is 2.03. The van der Waals surface area contributed by atoms with Crippen LogP contribution in [0.4, 0.5) is 0 Å². The number of carbonyl (C=O) groups excluding carboxylic acids is 1. The van der Waals surface area contributed by atoms with Crippen molar-refractivity contribution in [3.8, 4) is 11.5 Å². The number of aryl methyl sites for hydroxylation is 1. The number of nitrogens with zero attached hydrogens (tertiary/aromatic N) is 3. The highest BCUT2D eigenvalue weighted by atomic mass is 79.9. The molecule has 180 valence electrons. The highest BCUT2D eigenvalue weighted by Gasteiger charge is 2.20. The van der Waals surface area contributed by atoms with Crippen LogP contribution in [0.3, 0.4) is 0 Å². The lowest BCUT2D eigenvalue weighted by atomic mass is 10.2. The van der Waals surface area contributed by atoms with Gasteiger partial charge in [0.25, 0.3) is 5.56 Å². The van der Waals surface area contributed by atoms with E-state index in [0.29, 0.717) is 44.7 Å². The molecule has 0 N–H and O–H groups in total. The van der Waals surface area contributed by atoms with Gasteiger partial charge in [-0.2, -0.15) is 9.78 Å². The molecule has 8 nitrogen and oxygen atoms in total. The molecule has 0 saturated carbocycles. The second kappa shape index (κ2) is 11.6. The molecule has 1 atom stereocenters. The zero-order valence-corrected chi connectivity index (χ0v) is 22.5. The molecule has 10 heteroatoms. The minimum Gasteiger partial charge on any atom is -0.493 e. The van der Waals surface area contributed by atoms with E-state index in [4.69, 9.17) is 14.2 Å². The summed E-state index contributed by atoms with van der Waals surface area (Å²) in [6, 6.07) is 8.89. The average molecular weight is 595 g/mol. The van der Waals surface area contributed by atoms with E-state index in [1.165, 1.54) is 18.9 Å². The fraction of sp³-hybridized carbons (Fsp3) is 0.333. The number of esters is 1. The summed E-state index contributed by atoms with van der Waals surface area (Å²) in [7, 11) is 2.79. The predicted octanol–water partition coefficient (Wildman–Crippen LogP) is 5.10. The van der Waals surface area contributed by atoms with Crippen LogP contribution in [0.2, 0.25) is 0 Å². The van der Waals surface area contributed by atoms with E-state index in [1.54, 1.807) is 31.3 Å². The zero-order chi connectivity index (χ0) is 24.8. The van der Waals surface area contributed by atoms with Crippen LogP contribution < -0.4 is 15.0 Å². The van der Waals surface area contributed by atoms with Crippen LogP contribution in [0, 0.1) is 0 Å². The standard InChI is InChI=1S/C24H25Br2N3O5/c1-5-6-7-21-28-19-9-8-16(25)12-17(19)23(30)29(21)27-13-15-10-18(26)22(20(11-15)32-3)34-14(2)24(31)33-4/h8-14H,5-7H2,1-4H3/t14-/m1/s1. The molecule has 34 heavy (non-hydrogen) atoms. The van der Waals surface area contributed by atoms with Gasteiger partial charge in [0, 0.05) is 10.9 Å². The zero-order valence-electron chi connectivity index (χ0n) is 19.3. The molecule has 0 aliphatic carbocycles. The molecular weight excluding hydrogens is 570 g/mol. The van der Waals surface area contributed by atoms with Crippen molar-refractivity contribution < 1.29 is 19.0 Å². The maximum atomic E-state index is 13.2. The van der Waals surface area contributed by atoms with E-state index < -0.39 is 12.1 Å². The monoisotopic (exact) mass is 593 g/mol. The molecule has 1 heterocycles. The van der Waals surface area contributed by atoms with E-state index in [1.807, 2.05) is 12.1 Å². The van der Waals surface area contributed by atoms with Crippen molar-refractivity contribution in [3.63, 3.8) is 0 Å². The Bertz CT molecular complexity index is 1290. The van der Waals surface area contributed by atoms with Gasteiger partial charge in [-0.05, 0) is 65.2 Å². The van der Waals surface area contributed by atoms with Gasteiger partial charge in [0.05, 0.1) is 35.8 Å². The van der Waals surface area contributed by atoms with Crippen LogP contribution in [-0.4, -0.2) is 42.2 Å². The number of carbonyl (C=O) groups is 1. The average Bonchev–Trinajstić information content (AvgIpc) is 2.83. The molecule has 0 spiro atoms. The van der Waals surface area contributed by atoms with Gasteiger partial charge >= 0.3 is 5.97 Å². The topological polar surface area (TPSA) is 92.0 Å². The van der Waals surface area contributed by atoms with Crippen LogP contribution in [0.1, 0.15) is 38.1 Å². The van der Waals surface area contributed by atoms with Gasteiger partial charge in [-0.1, -0.05) is 29.3 Å². The summed E-state index contributed by atoms with van der Waals surface area (Å²) in [6.45, 7) is 3.67. The molecule has 0 radical (unpaired) electrons. The normalized spacial score (nSPS) is 12.2. The molecular formula is C24H25Br2N3O5. The maximum absolute atomic E-state index is 13.2. The summed E-state index contributed by atoms with van der Waals surface area (Å²) in [5.74, 6) is 0.839. The molecule has 0 aliphatic heterocycles. The van der Waals surface area contributed by atoms with Crippen LogP contribution in [0.5, 0.6) is 11.5 Å². The number of hydrogen-bond acceptors (Lipinski definition) is 7. The fourth-order valence-corrected chi connectivity index (χ4v) is 4.17. The summed E-state index contributed by atoms with van der Waals surface area (Å²) in [5, 5.41) is 4.95. The van der Waals surface area contributed by atoms with Crippen molar-refractivity contribution in [2.24, 2.45) is 5.10 Å². The van der Waals surface area contributed by atoms with Crippen molar-refractivity contribution in [3.05, 3.63) is 61.0 Å². The number of fused-ring (bicyclic) bond motifs is 1. The summed E-state index contributed by atoms with van der Waals surface area (Å²) >= 11 is 6.88. The first-order valence-electron chi connectivity index (χ1n) is 10.7. The van der Waals surface area contributed by atoms with Crippen molar-refractivity contribution in [2.75, 3.05) is 14.2 Å². The number of halogens is 2. The lowest BCUT2D eigenvalue weighted by Crippen LogP contribution is -2.25. The fourth-order valence-electron chi connectivity index (χ4n) is 3.25. The van der Waals surface area contributed by atoms with Gasteiger partial charge in [-0.15, -0.1) is 0 Å². The SMILES string of the molecule is CCCCc1nc2ccc(Br)cc2c(=O)n1N=Cc1cc(Br)c(O[C@H](C)C(=O)OC)c(OC)c1. The smallest absolute Gasteiger partial charge is 0.346 e. The summed E-state index contributed by atoms with van der Waals surface area (Å²) < 4.78 is 18.6. The summed E-state index contributed by atoms with van der Waals surface area (Å²) in [4.78, 5) is 29.7. The van der Waals surface area contributed by atoms with E-state index >= 15 is 0 Å². The number of rotatable bonds is 9. The lowest BCUT2D eigenvalue weighted by Gasteiger charge is -2.17. The van der Waals surface area contributed by atoms with Crippen molar-refractivity contribution in [1.29, 1.82) is 0 Å². The Morgan fingerprint density at radius 1 is 1.24 bits per heavy atom. The van der Waals surface area contributed by atoms with Crippen molar-refractivity contribution >= 4 is 54.9 Å². The largest absolute Gasteiger partial charge is 0.493 e. The number of aromatic nitrogens is 2. The number of benzene rings is 2. The Labute approximate surface area is 214 Å². The summed E-state index contributed by atoms with van der Waals surface area (Å²) in [6.07, 6.45) is 3.21. The first kappa shape index (κ1) is 25.9. The number of ether oxygens (including phenoxy) is 3. The Kier molecular flexibility index (Phi) is 8.84. The molecule has 0 bridgehead atoms. The molecule has 3 rings (SSSR count). The Morgan fingerprint density at radius 3 is 2.68 bits per heavy atom. The number of hydrogen-bond donors (Lipinski definition) is 0. The van der Waals surface area contributed by atoms with Gasteiger partial charge in [0.1, 0.15) is 5.82 Å². The van der Waals surface area contributed by atoms with Gasteiger partial charge in [0.2, 0.25) is 0 Å². The molecule has 3 aromatic rings. The molecule has 1 aromatic heterocycles. The third-order valence-corrected chi connectivity index (χ3v) is 6.11. The van der Waals surface area contributed by atoms with Gasteiger partial charge < -0.3 is 14.2 Å². The van der Waals surface area contributed by atoms with Gasteiger partial charge in [-0.25, -0.2) is 9.78 Å². The van der Waals surface area contributed by atoms with Crippen molar-refractivity contribution in [1.82, 2.24) is 9.66 Å². The molecule has 0 fully saturated rings. The van der Waals surface area contributed by atoms with Crippen LogP contribution in [0.25, 0.3) is 10.9 Å². The molecule has 0 unspecified atom stereocenters. The van der Waals surface area contributed by atoms with E-state index in [9.17, 15) is 9.59 Å². The number of methoxy groups -OCH3 is 2. The third kappa shape index (κ3) is 5.85. The third-order valence-electron chi connectivity index (χ3n) is 5.03. The molecule has 0 amide bonds.